The highest BCUT2D eigenvalue weighted by molar-refractivity contribution is 5.87. The summed E-state index contributed by atoms with van der Waals surface area (Å²) >= 11 is 0. The van der Waals surface area contributed by atoms with Crippen LogP contribution in [0.15, 0.2) is 42.9 Å². The standard InChI is InChI=1S/C13H12N4/c1-17-8-15-7-12(17)13-10(14)6-9-4-2-3-5-11(9)16-13/h2-8H,14H2,1H3. The van der Waals surface area contributed by atoms with E-state index in [-0.39, 0.29) is 0 Å². The molecular weight excluding hydrogens is 212 g/mol. The van der Waals surface area contributed by atoms with Crippen molar-refractivity contribution in [1.29, 1.82) is 0 Å². The molecule has 0 spiro atoms. The van der Waals surface area contributed by atoms with E-state index in [1.165, 1.54) is 0 Å². The van der Waals surface area contributed by atoms with E-state index in [1.807, 2.05) is 41.9 Å². The molecule has 3 aromatic rings. The molecule has 0 amide bonds. The molecule has 0 saturated carbocycles. The van der Waals surface area contributed by atoms with E-state index in [0.29, 0.717) is 5.69 Å². The summed E-state index contributed by atoms with van der Waals surface area (Å²) in [6.45, 7) is 0. The summed E-state index contributed by atoms with van der Waals surface area (Å²) in [5, 5.41) is 1.05. The second-order valence-corrected chi connectivity index (χ2v) is 4.01. The first-order valence-electron chi connectivity index (χ1n) is 5.37. The molecule has 84 valence electrons. The Labute approximate surface area is 98.7 Å². The van der Waals surface area contributed by atoms with E-state index >= 15 is 0 Å². The van der Waals surface area contributed by atoms with Crippen LogP contribution in [0, 0.1) is 0 Å². The Morgan fingerprint density at radius 2 is 2.06 bits per heavy atom. The van der Waals surface area contributed by atoms with Crippen LogP contribution in [0.2, 0.25) is 0 Å². The number of imidazole rings is 1. The highest BCUT2D eigenvalue weighted by Crippen LogP contribution is 2.26. The van der Waals surface area contributed by atoms with E-state index in [4.69, 9.17) is 5.73 Å². The highest BCUT2D eigenvalue weighted by Gasteiger charge is 2.09. The van der Waals surface area contributed by atoms with E-state index in [0.717, 1.165) is 22.3 Å². The van der Waals surface area contributed by atoms with Gasteiger partial charge < -0.3 is 10.3 Å². The molecule has 17 heavy (non-hydrogen) atoms. The third kappa shape index (κ3) is 1.54. The molecule has 0 atom stereocenters. The lowest BCUT2D eigenvalue weighted by molar-refractivity contribution is 0.918. The number of hydrogen-bond acceptors (Lipinski definition) is 3. The normalized spacial score (nSPS) is 10.9. The molecule has 2 N–H and O–H groups in total. The minimum atomic E-state index is 0.673. The number of nitrogens with zero attached hydrogens (tertiary/aromatic N) is 3. The van der Waals surface area contributed by atoms with Gasteiger partial charge in [-0.25, -0.2) is 9.97 Å². The maximum atomic E-state index is 6.04. The lowest BCUT2D eigenvalue weighted by Gasteiger charge is -2.07. The molecule has 4 nitrogen and oxygen atoms in total. The molecule has 0 aliphatic carbocycles. The molecule has 2 heterocycles. The molecule has 0 radical (unpaired) electrons. The summed E-state index contributed by atoms with van der Waals surface area (Å²) in [6.07, 6.45) is 3.51. The molecule has 0 aliphatic rings. The van der Waals surface area contributed by atoms with Crippen LogP contribution >= 0.6 is 0 Å². The van der Waals surface area contributed by atoms with Crippen molar-refractivity contribution in [3.8, 4) is 11.4 Å². The molecule has 0 aliphatic heterocycles. The van der Waals surface area contributed by atoms with E-state index in [9.17, 15) is 0 Å². The molecular formula is C13H12N4. The Morgan fingerprint density at radius 3 is 2.82 bits per heavy atom. The average Bonchev–Trinajstić information content (AvgIpc) is 2.74. The number of pyridine rings is 1. The molecule has 2 aromatic heterocycles. The van der Waals surface area contributed by atoms with Gasteiger partial charge in [0.2, 0.25) is 0 Å². The number of para-hydroxylation sites is 1. The topological polar surface area (TPSA) is 56.7 Å². The van der Waals surface area contributed by atoms with Crippen molar-refractivity contribution in [3.63, 3.8) is 0 Å². The van der Waals surface area contributed by atoms with Gasteiger partial charge in [-0.15, -0.1) is 0 Å². The molecule has 0 unspecified atom stereocenters. The number of aryl methyl sites for hydroxylation is 1. The van der Waals surface area contributed by atoms with Gasteiger partial charge in [0, 0.05) is 12.4 Å². The van der Waals surface area contributed by atoms with Crippen LogP contribution in [-0.2, 0) is 7.05 Å². The lowest BCUT2D eigenvalue weighted by atomic mass is 10.1. The van der Waals surface area contributed by atoms with Crippen LogP contribution in [0.5, 0.6) is 0 Å². The van der Waals surface area contributed by atoms with Crippen LogP contribution in [0.4, 0.5) is 5.69 Å². The lowest BCUT2D eigenvalue weighted by Crippen LogP contribution is -1.98. The number of anilines is 1. The molecule has 0 saturated heterocycles. The zero-order valence-corrected chi connectivity index (χ0v) is 9.46. The van der Waals surface area contributed by atoms with Gasteiger partial charge in [-0.3, -0.25) is 0 Å². The third-order valence-electron chi connectivity index (χ3n) is 2.81. The van der Waals surface area contributed by atoms with Crippen molar-refractivity contribution >= 4 is 16.6 Å². The number of nitrogen functional groups attached to an aromatic ring is 1. The second-order valence-electron chi connectivity index (χ2n) is 4.01. The van der Waals surface area contributed by atoms with Crippen LogP contribution in [-0.4, -0.2) is 14.5 Å². The van der Waals surface area contributed by atoms with Gasteiger partial charge in [0.05, 0.1) is 29.4 Å². The van der Waals surface area contributed by atoms with Gasteiger partial charge in [0.15, 0.2) is 0 Å². The maximum Gasteiger partial charge on any atom is 0.112 e. The summed E-state index contributed by atoms with van der Waals surface area (Å²) in [5.74, 6) is 0. The number of nitrogens with two attached hydrogens (primary N) is 1. The minimum Gasteiger partial charge on any atom is -0.397 e. The smallest absolute Gasteiger partial charge is 0.112 e. The van der Waals surface area contributed by atoms with Gasteiger partial charge in [0.1, 0.15) is 5.69 Å². The summed E-state index contributed by atoms with van der Waals surface area (Å²) < 4.78 is 1.91. The monoisotopic (exact) mass is 224 g/mol. The fraction of sp³-hybridized carbons (Fsp3) is 0.0769. The van der Waals surface area contributed by atoms with Crippen molar-refractivity contribution in [2.24, 2.45) is 7.05 Å². The number of aromatic nitrogens is 3. The first-order valence-corrected chi connectivity index (χ1v) is 5.37. The quantitative estimate of drug-likeness (QED) is 0.689. The maximum absolute atomic E-state index is 6.04. The Morgan fingerprint density at radius 1 is 1.24 bits per heavy atom. The van der Waals surface area contributed by atoms with Gasteiger partial charge in [0.25, 0.3) is 0 Å². The summed E-state index contributed by atoms with van der Waals surface area (Å²) in [4.78, 5) is 8.68. The van der Waals surface area contributed by atoms with Crippen molar-refractivity contribution in [2.75, 3.05) is 5.73 Å². The molecule has 0 bridgehead atoms. The summed E-state index contributed by atoms with van der Waals surface area (Å²) in [5.41, 5.74) is 9.36. The van der Waals surface area contributed by atoms with Gasteiger partial charge in [-0.2, -0.15) is 0 Å². The first-order chi connectivity index (χ1) is 8.25. The Hall–Kier alpha value is -2.36. The third-order valence-corrected chi connectivity index (χ3v) is 2.81. The number of rotatable bonds is 1. The molecule has 4 heteroatoms. The van der Waals surface area contributed by atoms with Crippen molar-refractivity contribution < 1.29 is 0 Å². The number of fused-ring (bicyclic) bond motifs is 1. The van der Waals surface area contributed by atoms with Gasteiger partial charge >= 0.3 is 0 Å². The average molecular weight is 224 g/mol. The largest absolute Gasteiger partial charge is 0.397 e. The van der Waals surface area contributed by atoms with Crippen molar-refractivity contribution in [3.05, 3.63) is 42.9 Å². The van der Waals surface area contributed by atoms with Gasteiger partial charge in [-0.05, 0) is 12.1 Å². The Bertz CT molecular complexity index is 685. The van der Waals surface area contributed by atoms with Crippen LogP contribution in [0.1, 0.15) is 0 Å². The fourth-order valence-corrected chi connectivity index (χ4v) is 1.92. The number of benzene rings is 1. The summed E-state index contributed by atoms with van der Waals surface area (Å²) in [7, 11) is 1.93. The summed E-state index contributed by atoms with van der Waals surface area (Å²) in [6, 6.07) is 9.89. The molecule has 0 fully saturated rings. The molecule has 3 rings (SSSR count). The Balaban J connectivity index is 2.30. The minimum absolute atomic E-state index is 0.673. The van der Waals surface area contributed by atoms with Crippen LogP contribution in [0.25, 0.3) is 22.3 Å². The second kappa shape index (κ2) is 3.59. The first kappa shape index (κ1) is 9.84. The van der Waals surface area contributed by atoms with E-state index < -0.39 is 0 Å². The van der Waals surface area contributed by atoms with E-state index in [1.54, 1.807) is 12.5 Å². The van der Waals surface area contributed by atoms with Gasteiger partial charge in [-0.1, -0.05) is 18.2 Å². The SMILES string of the molecule is Cn1cncc1-c1nc2ccccc2cc1N. The van der Waals surface area contributed by atoms with Crippen molar-refractivity contribution in [1.82, 2.24) is 14.5 Å². The van der Waals surface area contributed by atoms with Crippen LogP contribution < -0.4 is 5.73 Å². The van der Waals surface area contributed by atoms with Crippen molar-refractivity contribution in [2.45, 2.75) is 0 Å². The Kier molecular flexibility index (Phi) is 2.08. The highest BCUT2D eigenvalue weighted by atomic mass is 15.0. The molecule has 1 aromatic carbocycles. The van der Waals surface area contributed by atoms with E-state index in [2.05, 4.69) is 9.97 Å². The predicted molar refractivity (Wildman–Crippen MR) is 68.4 cm³/mol. The van der Waals surface area contributed by atoms with Crippen LogP contribution in [0.3, 0.4) is 0 Å². The zero-order valence-electron chi connectivity index (χ0n) is 9.46. The number of hydrogen-bond donors (Lipinski definition) is 1. The fourth-order valence-electron chi connectivity index (χ4n) is 1.92. The zero-order chi connectivity index (χ0) is 11.8. The predicted octanol–water partition coefficient (Wildman–Crippen LogP) is 2.22.